The normalized spacial score (nSPS) is 22.8. The summed E-state index contributed by atoms with van der Waals surface area (Å²) in [5.41, 5.74) is 2.94. The van der Waals surface area contributed by atoms with Gasteiger partial charge in [0.25, 0.3) is 0 Å². The third-order valence-corrected chi connectivity index (χ3v) is 4.99. The smallest absolute Gasteiger partial charge is 0.0631 e. The van der Waals surface area contributed by atoms with Crippen LogP contribution in [0.5, 0.6) is 0 Å². The Hall–Kier alpha value is -0.0200. The standard InChI is InChI=1S/C15H21Br2N/c1-10-7-12(16)14(13(17)8-10)18-11-5-4-6-15(2,3)9-11/h7-8,11,18H,4-6,9H2,1-3H3. The summed E-state index contributed by atoms with van der Waals surface area (Å²) in [5, 5.41) is 3.71. The fraction of sp³-hybridized carbons (Fsp3) is 0.600. The van der Waals surface area contributed by atoms with Crippen molar-refractivity contribution in [3.8, 4) is 0 Å². The average molecular weight is 375 g/mol. The van der Waals surface area contributed by atoms with Crippen molar-refractivity contribution >= 4 is 37.5 Å². The van der Waals surface area contributed by atoms with E-state index in [1.54, 1.807) is 0 Å². The van der Waals surface area contributed by atoms with Gasteiger partial charge in [0.2, 0.25) is 0 Å². The highest BCUT2D eigenvalue weighted by Gasteiger charge is 2.28. The van der Waals surface area contributed by atoms with Gasteiger partial charge in [-0.1, -0.05) is 20.3 Å². The Morgan fingerprint density at radius 3 is 2.39 bits per heavy atom. The third-order valence-electron chi connectivity index (χ3n) is 3.74. The zero-order valence-corrected chi connectivity index (χ0v) is 14.5. The van der Waals surface area contributed by atoms with Gasteiger partial charge in [-0.2, -0.15) is 0 Å². The predicted molar refractivity (Wildman–Crippen MR) is 86.2 cm³/mol. The van der Waals surface area contributed by atoms with Gasteiger partial charge in [-0.15, -0.1) is 0 Å². The molecule has 0 heterocycles. The van der Waals surface area contributed by atoms with Crippen molar-refractivity contribution in [2.24, 2.45) is 5.41 Å². The van der Waals surface area contributed by atoms with Gasteiger partial charge in [0.05, 0.1) is 5.69 Å². The van der Waals surface area contributed by atoms with Crippen molar-refractivity contribution < 1.29 is 0 Å². The van der Waals surface area contributed by atoms with E-state index in [1.807, 2.05) is 0 Å². The number of anilines is 1. The second kappa shape index (κ2) is 5.54. The molecule has 1 aliphatic carbocycles. The first kappa shape index (κ1) is 14.4. The number of nitrogens with one attached hydrogen (secondary N) is 1. The molecule has 0 bridgehead atoms. The average Bonchev–Trinajstić information content (AvgIpc) is 2.22. The Bertz CT molecular complexity index is 417. The fourth-order valence-corrected chi connectivity index (χ4v) is 4.51. The van der Waals surface area contributed by atoms with Gasteiger partial charge in [0.1, 0.15) is 0 Å². The molecule has 1 atom stereocenters. The molecule has 0 saturated heterocycles. The lowest BCUT2D eigenvalue weighted by Crippen LogP contribution is -2.31. The molecular weight excluding hydrogens is 354 g/mol. The van der Waals surface area contributed by atoms with Gasteiger partial charge in [-0.05, 0) is 81.2 Å². The van der Waals surface area contributed by atoms with E-state index >= 15 is 0 Å². The molecule has 3 heteroatoms. The molecule has 1 aliphatic rings. The van der Waals surface area contributed by atoms with Crippen molar-refractivity contribution in [2.45, 2.75) is 52.5 Å². The van der Waals surface area contributed by atoms with Gasteiger partial charge in [0, 0.05) is 15.0 Å². The van der Waals surface area contributed by atoms with Crippen LogP contribution < -0.4 is 5.32 Å². The van der Waals surface area contributed by atoms with Gasteiger partial charge >= 0.3 is 0 Å². The Morgan fingerprint density at radius 1 is 1.22 bits per heavy atom. The van der Waals surface area contributed by atoms with Crippen molar-refractivity contribution in [2.75, 3.05) is 5.32 Å². The first-order valence-electron chi connectivity index (χ1n) is 6.59. The maximum Gasteiger partial charge on any atom is 0.0631 e. The van der Waals surface area contributed by atoms with Crippen LogP contribution in [-0.2, 0) is 0 Å². The van der Waals surface area contributed by atoms with Crippen molar-refractivity contribution in [1.29, 1.82) is 0 Å². The maximum absolute atomic E-state index is 3.71. The summed E-state index contributed by atoms with van der Waals surface area (Å²) in [6.07, 6.45) is 5.20. The monoisotopic (exact) mass is 373 g/mol. The quantitative estimate of drug-likeness (QED) is 0.679. The Labute approximate surface area is 127 Å². The minimum atomic E-state index is 0.472. The van der Waals surface area contributed by atoms with E-state index in [0.29, 0.717) is 11.5 Å². The molecule has 1 fully saturated rings. The van der Waals surface area contributed by atoms with Gasteiger partial charge in [-0.25, -0.2) is 0 Å². The number of hydrogen-bond acceptors (Lipinski definition) is 1. The van der Waals surface area contributed by atoms with Crippen LogP contribution in [0.1, 0.15) is 45.1 Å². The van der Waals surface area contributed by atoms with Crippen LogP contribution in [0.2, 0.25) is 0 Å². The van der Waals surface area contributed by atoms with Gasteiger partial charge in [-0.3, -0.25) is 0 Å². The number of rotatable bonds is 2. The molecule has 0 radical (unpaired) electrons. The summed E-state index contributed by atoms with van der Waals surface area (Å²) in [6, 6.07) is 4.92. The molecule has 1 saturated carbocycles. The van der Waals surface area contributed by atoms with Gasteiger partial charge in [0.15, 0.2) is 0 Å². The molecule has 1 N–H and O–H groups in total. The topological polar surface area (TPSA) is 12.0 Å². The predicted octanol–water partition coefficient (Wildman–Crippen LogP) is 5.90. The molecule has 1 aromatic carbocycles. The number of halogens is 2. The fourth-order valence-electron chi connectivity index (χ4n) is 2.86. The van der Waals surface area contributed by atoms with E-state index < -0.39 is 0 Å². The molecule has 2 rings (SSSR count). The zero-order chi connectivity index (χ0) is 13.3. The second-order valence-corrected chi connectivity index (χ2v) is 7.91. The minimum Gasteiger partial charge on any atom is -0.380 e. The Morgan fingerprint density at radius 2 is 1.83 bits per heavy atom. The lowest BCUT2D eigenvalue weighted by Gasteiger charge is -2.36. The SMILES string of the molecule is Cc1cc(Br)c(NC2CCCC(C)(C)C2)c(Br)c1. The summed E-state index contributed by atoms with van der Waals surface area (Å²) >= 11 is 7.32. The van der Waals surface area contributed by atoms with Crippen LogP contribution in [0.4, 0.5) is 5.69 Å². The van der Waals surface area contributed by atoms with E-state index in [9.17, 15) is 0 Å². The number of aryl methyl sites for hydroxylation is 1. The van der Waals surface area contributed by atoms with Crippen LogP contribution in [0.3, 0.4) is 0 Å². The maximum atomic E-state index is 3.71. The molecule has 100 valence electrons. The first-order valence-corrected chi connectivity index (χ1v) is 8.18. The highest BCUT2D eigenvalue weighted by molar-refractivity contribution is 9.11. The summed E-state index contributed by atoms with van der Waals surface area (Å²) in [4.78, 5) is 0. The molecule has 0 spiro atoms. The van der Waals surface area contributed by atoms with E-state index in [2.05, 4.69) is 70.1 Å². The van der Waals surface area contributed by atoms with Crippen LogP contribution in [0.15, 0.2) is 21.1 Å². The summed E-state index contributed by atoms with van der Waals surface area (Å²) in [6.45, 7) is 6.86. The van der Waals surface area contributed by atoms with Crippen LogP contribution in [0.25, 0.3) is 0 Å². The van der Waals surface area contributed by atoms with E-state index in [4.69, 9.17) is 0 Å². The van der Waals surface area contributed by atoms with Crippen LogP contribution >= 0.6 is 31.9 Å². The number of hydrogen-bond donors (Lipinski definition) is 1. The van der Waals surface area contributed by atoms with Gasteiger partial charge < -0.3 is 5.32 Å². The molecule has 0 aromatic heterocycles. The highest BCUT2D eigenvalue weighted by Crippen LogP contribution is 2.39. The summed E-state index contributed by atoms with van der Waals surface area (Å²) in [5.74, 6) is 0. The van der Waals surface area contributed by atoms with Crippen LogP contribution in [0, 0.1) is 12.3 Å². The van der Waals surface area contributed by atoms with E-state index in [1.165, 1.54) is 36.9 Å². The Balaban J connectivity index is 2.14. The van der Waals surface area contributed by atoms with Crippen molar-refractivity contribution in [3.63, 3.8) is 0 Å². The number of benzene rings is 1. The molecule has 1 aromatic rings. The van der Waals surface area contributed by atoms with E-state index in [0.717, 1.165) is 8.95 Å². The molecule has 18 heavy (non-hydrogen) atoms. The Kier molecular flexibility index (Phi) is 4.43. The summed E-state index contributed by atoms with van der Waals surface area (Å²) < 4.78 is 2.30. The zero-order valence-electron chi connectivity index (χ0n) is 11.3. The van der Waals surface area contributed by atoms with E-state index in [-0.39, 0.29) is 0 Å². The lowest BCUT2D eigenvalue weighted by molar-refractivity contribution is 0.229. The van der Waals surface area contributed by atoms with Crippen molar-refractivity contribution in [3.05, 3.63) is 26.6 Å². The molecular formula is C15H21Br2N. The third kappa shape index (κ3) is 3.51. The molecule has 1 unspecified atom stereocenters. The minimum absolute atomic E-state index is 0.472. The highest BCUT2D eigenvalue weighted by atomic mass is 79.9. The van der Waals surface area contributed by atoms with Crippen LogP contribution in [-0.4, -0.2) is 6.04 Å². The largest absolute Gasteiger partial charge is 0.380 e. The lowest BCUT2D eigenvalue weighted by atomic mass is 9.75. The van der Waals surface area contributed by atoms with Crippen molar-refractivity contribution in [1.82, 2.24) is 0 Å². The molecule has 0 aliphatic heterocycles. The first-order chi connectivity index (χ1) is 8.37. The molecule has 1 nitrogen and oxygen atoms in total. The summed E-state index contributed by atoms with van der Waals surface area (Å²) in [7, 11) is 0. The second-order valence-electron chi connectivity index (χ2n) is 6.21. The molecule has 0 amide bonds.